The van der Waals surface area contributed by atoms with E-state index in [2.05, 4.69) is 11.0 Å². The van der Waals surface area contributed by atoms with Crippen molar-refractivity contribution in [1.29, 1.82) is 0 Å². The van der Waals surface area contributed by atoms with Crippen LogP contribution in [0.15, 0.2) is 24.3 Å². The van der Waals surface area contributed by atoms with Gasteiger partial charge in [0.15, 0.2) is 0 Å². The number of likely N-dealkylation sites (tertiary alicyclic amines) is 1. The van der Waals surface area contributed by atoms with Gasteiger partial charge in [-0.2, -0.15) is 0 Å². The molecule has 0 unspecified atom stereocenters. The minimum absolute atomic E-state index is 0.183. The molecule has 2 heterocycles. The lowest BCUT2D eigenvalue weighted by Gasteiger charge is -2.34. The number of hydrogen-bond acceptors (Lipinski definition) is 3. The fraction of sp³-hybridized carbons (Fsp3) is 0.588. The molecule has 0 aromatic heterocycles. The Labute approximate surface area is 137 Å². The van der Waals surface area contributed by atoms with Gasteiger partial charge in [-0.1, -0.05) is 29.8 Å². The van der Waals surface area contributed by atoms with Crippen LogP contribution in [0.3, 0.4) is 0 Å². The summed E-state index contributed by atoms with van der Waals surface area (Å²) >= 11 is 6.23. The van der Waals surface area contributed by atoms with Crippen LogP contribution in [0.2, 0.25) is 5.02 Å². The van der Waals surface area contributed by atoms with Crippen molar-refractivity contribution in [2.24, 2.45) is 0 Å². The van der Waals surface area contributed by atoms with Crippen LogP contribution in [0.4, 0.5) is 0 Å². The first kappa shape index (κ1) is 15.8. The fourth-order valence-electron chi connectivity index (χ4n) is 3.22. The first-order valence-corrected chi connectivity index (χ1v) is 8.45. The predicted molar refractivity (Wildman–Crippen MR) is 87.2 cm³/mol. The molecule has 2 aliphatic rings. The molecular formula is C17H23ClN2O2. The van der Waals surface area contributed by atoms with Crippen molar-refractivity contribution in [2.75, 3.05) is 39.3 Å². The lowest BCUT2D eigenvalue weighted by Crippen LogP contribution is -2.46. The predicted octanol–water partition coefficient (Wildman–Crippen LogP) is 2.21. The molecular weight excluding hydrogens is 300 g/mol. The zero-order valence-electron chi connectivity index (χ0n) is 12.8. The molecule has 0 aliphatic carbocycles. The highest BCUT2D eigenvalue weighted by atomic mass is 35.5. The summed E-state index contributed by atoms with van der Waals surface area (Å²) < 4.78 is 5.88. The third-order valence-electron chi connectivity index (χ3n) is 4.49. The Balaban J connectivity index is 1.49. The molecule has 1 amide bonds. The molecule has 0 spiro atoms. The summed E-state index contributed by atoms with van der Waals surface area (Å²) in [5.74, 6) is 0.306. The summed E-state index contributed by atoms with van der Waals surface area (Å²) in [7, 11) is 0. The van der Waals surface area contributed by atoms with Gasteiger partial charge in [0.05, 0.1) is 12.7 Å². The van der Waals surface area contributed by atoms with Gasteiger partial charge in [-0.25, -0.2) is 0 Å². The number of carbonyl (C=O) groups is 1. The van der Waals surface area contributed by atoms with Gasteiger partial charge in [0.2, 0.25) is 5.91 Å². The highest BCUT2D eigenvalue weighted by molar-refractivity contribution is 6.31. The summed E-state index contributed by atoms with van der Waals surface area (Å²) in [6.07, 6.45) is 2.76. The molecule has 1 aromatic rings. The van der Waals surface area contributed by atoms with Crippen LogP contribution in [-0.4, -0.2) is 61.1 Å². The highest BCUT2D eigenvalue weighted by Gasteiger charge is 2.24. The molecule has 2 fully saturated rings. The normalized spacial score (nSPS) is 23.2. The monoisotopic (exact) mass is 322 g/mol. The number of carbonyl (C=O) groups excluding carboxylic acids is 1. The minimum Gasteiger partial charge on any atom is -0.375 e. The second kappa shape index (κ2) is 7.44. The Hall–Kier alpha value is -1.10. The Kier molecular flexibility index (Phi) is 5.34. The van der Waals surface area contributed by atoms with Gasteiger partial charge in [0.1, 0.15) is 0 Å². The van der Waals surface area contributed by atoms with Crippen molar-refractivity contribution >= 4 is 17.5 Å². The average Bonchev–Trinajstić information content (AvgIpc) is 2.93. The second-order valence-corrected chi connectivity index (χ2v) is 6.48. The lowest BCUT2D eigenvalue weighted by atomic mass is 10.1. The van der Waals surface area contributed by atoms with Gasteiger partial charge in [-0.15, -0.1) is 0 Å². The van der Waals surface area contributed by atoms with E-state index in [-0.39, 0.29) is 6.10 Å². The molecule has 3 rings (SSSR count). The topological polar surface area (TPSA) is 32.8 Å². The maximum atomic E-state index is 11.7. The number of halogens is 1. The van der Waals surface area contributed by atoms with Crippen molar-refractivity contribution in [3.8, 4) is 0 Å². The van der Waals surface area contributed by atoms with Crippen LogP contribution < -0.4 is 0 Å². The molecule has 1 aromatic carbocycles. The molecule has 0 bridgehead atoms. The summed E-state index contributed by atoms with van der Waals surface area (Å²) in [5.41, 5.74) is 1.14. The molecule has 4 nitrogen and oxygen atoms in total. The van der Waals surface area contributed by atoms with E-state index in [1.54, 1.807) is 0 Å². The van der Waals surface area contributed by atoms with Crippen molar-refractivity contribution in [1.82, 2.24) is 9.80 Å². The van der Waals surface area contributed by atoms with Crippen LogP contribution in [0.1, 0.15) is 18.4 Å². The molecule has 0 radical (unpaired) electrons. The largest absolute Gasteiger partial charge is 0.375 e. The third-order valence-corrected chi connectivity index (χ3v) is 4.85. The van der Waals surface area contributed by atoms with E-state index in [1.807, 2.05) is 23.1 Å². The quantitative estimate of drug-likeness (QED) is 0.833. The first-order valence-electron chi connectivity index (χ1n) is 8.07. The zero-order chi connectivity index (χ0) is 15.4. The number of ether oxygens (including phenoxy) is 1. The molecule has 22 heavy (non-hydrogen) atoms. The van der Waals surface area contributed by atoms with E-state index in [0.717, 1.165) is 69.2 Å². The van der Waals surface area contributed by atoms with Gasteiger partial charge < -0.3 is 9.64 Å². The van der Waals surface area contributed by atoms with E-state index in [0.29, 0.717) is 5.91 Å². The van der Waals surface area contributed by atoms with Crippen molar-refractivity contribution in [3.63, 3.8) is 0 Å². The maximum absolute atomic E-state index is 11.7. The lowest BCUT2D eigenvalue weighted by molar-refractivity contribution is -0.128. The molecule has 2 aliphatic heterocycles. The van der Waals surface area contributed by atoms with Crippen LogP contribution in [0.25, 0.3) is 0 Å². The van der Waals surface area contributed by atoms with E-state index >= 15 is 0 Å². The van der Waals surface area contributed by atoms with Crippen molar-refractivity contribution in [2.45, 2.75) is 25.4 Å². The van der Waals surface area contributed by atoms with Gasteiger partial charge in [0.25, 0.3) is 0 Å². The zero-order valence-corrected chi connectivity index (χ0v) is 13.6. The number of amides is 1. The Bertz CT molecular complexity index is 523. The van der Waals surface area contributed by atoms with Crippen LogP contribution in [-0.2, 0) is 16.0 Å². The van der Waals surface area contributed by atoms with E-state index < -0.39 is 0 Å². The minimum atomic E-state index is 0.183. The van der Waals surface area contributed by atoms with E-state index in [9.17, 15) is 4.79 Å². The fourth-order valence-corrected chi connectivity index (χ4v) is 3.43. The van der Waals surface area contributed by atoms with Crippen LogP contribution in [0.5, 0.6) is 0 Å². The Morgan fingerprint density at radius 3 is 2.86 bits per heavy atom. The first-order chi connectivity index (χ1) is 10.7. The SMILES string of the molecule is O=C1CCCN1CCN1CCO[C@H](Cc2ccccc2Cl)C1. The number of hydrogen-bond donors (Lipinski definition) is 0. The van der Waals surface area contributed by atoms with Crippen molar-refractivity contribution in [3.05, 3.63) is 34.9 Å². The second-order valence-electron chi connectivity index (χ2n) is 6.07. The van der Waals surface area contributed by atoms with Gasteiger partial charge in [0, 0.05) is 50.6 Å². The molecule has 120 valence electrons. The highest BCUT2D eigenvalue weighted by Crippen LogP contribution is 2.19. The number of rotatable bonds is 5. The van der Waals surface area contributed by atoms with Gasteiger partial charge in [-0.05, 0) is 18.1 Å². The Morgan fingerprint density at radius 2 is 2.09 bits per heavy atom. The summed E-state index contributed by atoms with van der Waals surface area (Å²) in [5, 5.41) is 0.811. The van der Waals surface area contributed by atoms with E-state index in [4.69, 9.17) is 16.3 Å². The maximum Gasteiger partial charge on any atom is 0.222 e. The molecule has 5 heteroatoms. The summed E-state index contributed by atoms with van der Waals surface area (Å²) in [4.78, 5) is 16.0. The smallest absolute Gasteiger partial charge is 0.222 e. The molecule has 0 N–H and O–H groups in total. The number of morpholine rings is 1. The van der Waals surface area contributed by atoms with E-state index in [1.165, 1.54) is 0 Å². The standard InChI is InChI=1S/C17H23ClN2O2/c18-16-5-2-1-4-14(16)12-15-13-19(10-11-22-15)8-9-20-7-3-6-17(20)21/h1-2,4-5,15H,3,6-13H2/t15-/m1/s1. The number of benzene rings is 1. The molecule has 0 saturated carbocycles. The summed E-state index contributed by atoms with van der Waals surface area (Å²) in [6, 6.07) is 7.96. The Morgan fingerprint density at radius 1 is 1.23 bits per heavy atom. The van der Waals surface area contributed by atoms with Gasteiger partial charge >= 0.3 is 0 Å². The van der Waals surface area contributed by atoms with Gasteiger partial charge in [-0.3, -0.25) is 9.69 Å². The van der Waals surface area contributed by atoms with Crippen LogP contribution >= 0.6 is 11.6 Å². The average molecular weight is 323 g/mol. The molecule has 1 atom stereocenters. The third kappa shape index (κ3) is 4.00. The van der Waals surface area contributed by atoms with Crippen LogP contribution in [0, 0.1) is 0 Å². The van der Waals surface area contributed by atoms with Crippen molar-refractivity contribution < 1.29 is 9.53 Å². The molecule has 2 saturated heterocycles. The number of nitrogens with zero attached hydrogens (tertiary/aromatic N) is 2. The summed E-state index contributed by atoms with van der Waals surface area (Å²) in [6.45, 7) is 5.31.